The fourth-order valence-corrected chi connectivity index (χ4v) is 4.80. The zero-order valence-corrected chi connectivity index (χ0v) is 24.7. The number of fused-ring (bicyclic) bond motifs is 2. The van der Waals surface area contributed by atoms with E-state index in [1.54, 1.807) is 6.21 Å². The molecule has 0 unspecified atom stereocenters. The first kappa shape index (κ1) is 29.7. The summed E-state index contributed by atoms with van der Waals surface area (Å²) in [5, 5.41) is 10.5. The normalized spacial score (nSPS) is 12.1. The number of aromatic amines is 1. The second-order valence-corrected chi connectivity index (χ2v) is 11.0. The number of para-hydroxylation sites is 1. The van der Waals surface area contributed by atoms with E-state index in [1.165, 1.54) is 0 Å². The van der Waals surface area contributed by atoms with Gasteiger partial charge in [0.15, 0.2) is 0 Å². The summed E-state index contributed by atoms with van der Waals surface area (Å²) in [6.45, 7) is 4.46. The van der Waals surface area contributed by atoms with Crippen molar-refractivity contribution in [2.45, 2.75) is 32.9 Å². The number of rotatable bonds is 11. The zero-order chi connectivity index (χ0) is 30.2. The lowest BCUT2D eigenvalue weighted by molar-refractivity contribution is -0.123. The van der Waals surface area contributed by atoms with Crippen LogP contribution in [0.15, 0.2) is 96.2 Å². The summed E-state index contributed by atoms with van der Waals surface area (Å²) in [6.07, 6.45) is 2.99. The highest BCUT2D eigenvalue weighted by Crippen LogP contribution is 2.28. The van der Waals surface area contributed by atoms with E-state index in [-0.39, 0.29) is 18.9 Å². The molecule has 0 saturated carbocycles. The van der Waals surface area contributed by atoms with E-state index in [2.05, 4.69) is 20.8 Å². The summed E-state index contributed by atoms with van der Waals surface area (Å²) in [7, 11) is 0. The molecule has 3 N–H and O–H groups in total. The van der Waals surface area contributed by atoms with Gasteiger partial charge in [0.05, 0.1) is 12.8 Å². The molecule has 5 aromatic rings. The van der Waals surface area contributed by atoms with E-state index in [0.29, 0.717) is 22.9 Å². The maximum absolute atomic E-state index is 13.4. The van der Waals surface area contributed by atoms with Gasteiger partial charge < -0.3 is 19.8 Å². The number of alkyl carbamates (subject to hydrolysis) is 1. The van der Waals surface area contributed by atoms with Crippen LogP contribution in [0.25, 0.3) is 21.7 Å². The van der Waals surface area contributed by atoms with Crippen molar-refractivity contribution in [2.75, 3.05) is 6.61 Å². The van der Waals surface area contributed by atoms with Crippen molar-refractivity contribution in [1.82, 2.24) is 15.7 Å². The van der Waals surface area contributed by atoms with Crippen molar-refractivity contribution in [1.29, 1.82) is 0 Å². The molecule has 0 radical (unpaired) electrons. The molecular weight excluding hydrogens is 564 g/mol. The number of hydrogen-bond donors (Lipinski definition) is 3. The Labute approximate surface area is 255 Å². The standard InChI is InChI=1S/C34H33ClN4O4/c1-22(2)20-43-34(41)38-31(17-25-18-36-30-10-6-5-9-28(25)30)33(40)39-37-19-29-27-8-4-3-7-24(27)13-16-32(29)42-21-23-11-14-26(35)15-12-23/h3-16,18-19,22,31,36H,17,20-21H2,1-2H3,(H,38,41)(H,39,40)/b37-19-/t31-/m0/s1. The van der Waals surface area contributed by atoms with Crippen molar-refractivity contribution in [3.05, 3.63) is 113 Å². The second kappa shape index (κ2) is 13.9. The number of hydrazone groups is 1. The minimum absolute atomic E-state index is 0.160. The molecule has 4 aromatic carbocycles. The molecule has 0 saturated heterocycles. The van der Waals surface area contributed by atoms with Gasteiger partial charge in [-0.1, -0.05) is 86.1 Å². The lowest BCUT2D eigenvalue weighted by Gasteiger charge is -2.17. The number of benzene rings is 4. The Kier molecular flexibility index (Phi) is 9.59. The van der Waals surface area contributed by atoms with Crippen molar-refractivity contribution >= 4 is 51.5 Å². The maximum atomic E-state index is 13.4. The summed E-state index contributed by atoms with van der Waals surface area (Å²) in [6, 6.07) is 26.0. The quantitative estimate of drug-likeness (QED) is 0.113. The van der Waals surface area contributed by atoms with Gasteiger partial charge in [0, 0.05) is 34.1 Å². The van der Waals surface area contributed by atoms with Crippen LogP contribution in [0.1, 0.15) is 30.5 Å². The number of amides is 2. The molecule has 220 valence electrons. The van der Waals surface area contributed by atoms with Crippen molar-refractivity contribution in [2.24, 2.45) is 11.0 Å². The molecule has 1 heterocycles. The smallest absolute Gasteiger partial charge is 0.407 e. The Hall–Kier alpha value is -4.82. The second-order valence-electron chi connectivity index (χ2n) is 10.6. The van der Waals surface area contributed by atoms with E-state index < -0.39 is 18.0 Å². The van der Waals surface area contributed by atoms with Crippen LogP contribution in [-0.2, 0) is 22.6 Å². The number of aromatic nitrogens is 1. The van der Waals surface area contributed by atoms with Crippen LogP contribution in [0.2, 0.25) is 5.02 Å². The van der Waals surface area contributed by atoms with Gasteiger partial charge in [0.2, 0.25) is 0 Å². The number of H-pyrrole nitrogens is 1. The molecule has 9 heteroatoms. The first-order chi connectivity index (χ1) is 20.9. The van der Waals surface area contributed by atoms with Gasteiger partial charge in [-0.15, -0.1) is 0 Å². The Morgan fingerprint density at radius 3 is 2.49 bits per heavy atom. The molecule has 43 heavy (non-hydrogen) atoms. The Morgan fingerprint density at radius 2 is 1.70 bits per heavy atom. The summed E-state index contributed by atoms with van der Waals surface area (Å²) < 4.78 is 11.5. The van der Waals surface area contributed by atoms with Crippen molar-refractivity contribution < 1.29 is 19.1 Å². The largest absolute Gasteiger partial charge is 0.488 e. The third kappa shape index (κ3) is 7.72. The summed E-state index contributed by atoms with van der Waals surface area (Å²) >= 11 is 6.02. The maximum Gasteiger partial charge on any atom is 0.407 e. The predicted molar refractivity (Wildman–Crippen MR) is 171 cm³/mol. The van der Waals surface area contributed by atoms with E-state index in [1.807, 2.05) is 105 Å². The number of carbonyl (C=O) groups excluding carboxylic acids is 2. The highest BCUT2D eigenvalue weighted by Gasteiger charge is 2.23. The molecule has 0 aliphatic rings. The summed E-state index contributed by atoms with van der Waals surface area (Å²) in [4.78, 5) is 29.2. The summed E-state index contributed by atoms with van der Waals surface area (Å²) in [5.74, 6) is 0.289. The molecular formula is C34H33ClN4O4. The highest BCUT2D eigenvalue weighted by molar-refractivity contribution is 6.30. The van der Waals surface area contributed by atoms with Crippen LogP contribution in [0.5, 0.6) is 5.75 Å². The average Bonchev–Trinajstić information content (AvgIpc) is 3.42. The van der Waals surface area contributed by atoms with Crippen LogP contribution in [0.4, 0.5) is 4.79 Å². The van der Waals surface area contributed by atoms with Crippen LogP contribution < -0.4 is 15.5 Å². The third-order valence-corrected chi connectivity index (χ3v) is 7.11. The first-order valence-corrected chi connectivity index (χ1v) is 14.5. The van der Waals surface area contributed by atoms with Gasteiger partial charge in [-0.05, 0) is 52.1 Å². The molecule has 0 bridgehead atoms. The number of nitrogens with one attached hydrogen (secondary N) is 3. The zero-order valence-electron chi connectivity index (χ0n) is 24.0. The Balaban J connectivity index is 1.36. The first-order valence-electron chi connectivity index (χ1n) is 14.1. The van der Waals surface area contributed by atoms with E-state index in [4.69, 9.17) is 21.1 Å². The number of carbonyl (C=O) groups is 2. The molecule has 5 rings (SSSR count). The van der Waals surface area contributed by atoms with Crippen molar-refractivity contribution in [3.8, 4) is 5.75 Å². The fraction of sp³-hybridized carbons (Fsp3) is 0.206. The van der Waals surface area contributed by atoms with Gasteiger partial charge >= 0.3 is 6.09 Å². The van der Waals surface area contributed by atoms with Crippen LogP contribution >= 0.6 is 11.6 Å². The Morgan fingerprint density at radius 1 is 0.953 bits per heavy atom. The van der Waals surface area contributed by atoms with Gasteiger partial charge in [0.25, 0.3) is 5.91 Å². The molecule has 2 amide bonds. The topological polar surface area (TPSA) is 105 Å². The number of ether oxygens (including phenoxy) is 2. The SMILES string of the molecule is CC(C)COC(=O)N[C@@H](Cc1c[nH]c2ccccc12)C(=O)N/N=C\c1c(OCc2ccc(Cl)cc2)ccc2ccccc12. The van der Waals surface area contributed by atoms with Crippen LogP contribution in [0.3, 0.4) is 0 Å². The fourth-order valence-electron chi connectivity index (χ4n) is 4.67. The molecule has 1 aromatic heterocycles. The minimum atomic E-state index is -0.927. The Bertz CT molecular complexity index is 1750. The van der Waals surface area contributed by atoms with Gasteiger partial charge in [-0.3, -0.25) is 4.79 Å². The minimum Gasteiger partial charge on any atom is -0.488 e. The van der Waals surface area contributed by atoms with Gasteiger partial charge in [-0.2, -0.15) is 5.10 Å². The number of halogens is 1. The molecule has 0 spiro atoms. The lowest BCUT2D eigenvalue weighted by atomic mass is 10.0. The van der Waals surface area contributed by atoms with Crippen molar-refractivity contribution in [3.63, 3.8) is 0 Å². The molecule has 0 fully saturated rings. The third-order valence-electron chi connectivity index (χ3n) is 6.86. The average molecular weight is 597 g/mol. The molecule has 0 aliphatic heterocycles. The van der Waals surface area contributed by atoms with E-state index in [0.717, 1.165) is 32.8 Å². The number of hydrogen-bond acceptors (Lipinski definition) is 5. The van der Waals surface area contributed by atoms with Gasteiger partial charge in [-0.25, -0.2) is 10.2 Å². The van der Waals surface area contributed by atoms with Crippen LogP contribution in [0, 0.1) is 5.92 Å². The highest BCUT2D eigenvalue weighted by atomic mass is 35.5. The predicted octanol–water partition coefficient (Wildman–Crippen LogP) is 7.00. The van der Waals surface area contributed by atoms with Gasteiger partial charge in [0.1, 0.15) is 18.4 Å². The monoisotopic (exact) mass is 596 g/mol. The molecule has 0 aliphatic carbocycles. The lowest BCUT2D eigenvalue weighted by Crippen LogP contribution is -2.47. The van der Waals surface area contributed by atoms with E-state index >= 15 is 0 Å². The number of nitrogens with zero attached hydrogens (tertiary/aromatic N) is 1. The van der Waals surface area contributed by atoms with E-state index in [9.17, 15) is 9.59 Å². The van der Waals surface area contributed by atoms with Crippen LogP contribution in [-0.4, -0.2) is 35.8 Å². The molecule has 8 nitrogen and oxygen atoms in total. The summed E-state index contributed by atoms with van der Waals surface area (Å²) in [5.41, 5.74) is 6.12. The molecule has 1 atom stereocenters.